The Bertz CT molecular complexity index is 218. The maximum Gasteiger partial charge on any atom is 0.0742 e. The lowest BCUT2D eigenvalue weighted by Gasteiger charge is -2.32. The van der Waals surface area contributed by atoms with E-state index < -0.39 is 5.60 Å². The molecule has 0 aromatic rings. The molecule has 4 atom stereocenters. The Morgan fingerprint density at radius 1 is 1.29 bits per heavy atom. The summed E-state index contributed by atoms with van der Waals surface area (Å²) in [6, 6.07) is 0. The summed E-state index contributed by atoms with van der Waals surface area (Å²) in [6.07, 6.45) is 5.72. The van der Waals surface area contributed by atoms with Gasteiger partial charge >= 0.3 is 0 Å². The van der Waals surface area contributed by atoms with Crippen LogP contribution in [0.4, 0.5) is 0 Å². The van der Waals surface area contributed by atoms with E-state index in [1.54, 1.807) is 6.92 Å². The van der Waals surface area contributed by atoms with E-state index in [2.05, 4.69) is 13.8 Å². The monoisotopic (exact) mass is 243 g/mol. The van der Waals surface area contributed by atoms with Crippen LogP contribution in [0.1, 0.15) is 52.9 Å². The molecule has 1 rings (SSSR count). The first-order chi connectivity index (χ1) is 7.94. The highest BCUT2D eigenvalue weighted by Gasteiger charge is 2.25. The van der Waals surface area contributed by atoms with Gasteiger partial charge in [-0.1, -0.05) is 13.8 Å². The van der Waals surface area contributed by atoms with Gasteiger partial charge in [-0.25, -0.2) is 0 Å². The van der Waals surface area contributed by atoms with E-state index in [4.69, 9.17) is 10.5 Å². The van der Waals surface area contributed by atoms with Crippen molar-refractivity contribution in [3.63, 3.8) is 0 Å². The molecule has 4 unspecified atom stereocenters. The van der Waals surface area contributed by atoms with Crippen molar-refractivity contribution in [1.29, 1.82) is 0 Å². The Morgan fingerprint density at radius 3 is 2.59 bits per heavy atom. The third-order valence-corrected chi connectivity index (χ3v) is 4.20. The summed E-state index contributed by atoms with van der Waals surface area (Å²) in [5.41, 5.74) is 4.75. The number of hydrogen-bond donors (Lipinski definition) is 2. The van der Waals surface area contributed by atoms with E-state index in [0.29, 0.717) is 12.6 Å². The van der Waals surface area contributed by atoms with Crippen LogP contribution >= 0.6 is 0 Å². The minimum atomic E-state index is -0.724. The quantitative estimate of drug-likeness (QED) is 0.704. The van der Waals surface area contributed by atoms with Gasteiger partial charge in [-0.2, -0.15) is 0 Å². The highest BCUT2D eigenvalue weighted by Crippen LogP contribution is 2.31. The Labute approximate surface area is 106 Å². The maximum absolute atomic E-state index is 9.76. The molecule has 1 aliphatic carbocycles. The summed E-state index contributed by atoms with van der Waals surface area (Å²) in [5, 5.41) is 9.76. The zero-order valence-corrected chi connectivity index (χ0v) is 11.6. The van der Waals surface area contributed by atoms with Crippen LogP contribution in [0.25, 0.3) is 0 Å². The Kier molecular flexibility index (Phi) is 5.90. The van der Waals surface area contributed by atoms with Gasteiger partial charge in [0.25, 0.3) is 0 Å². The van der Waals surface area contributed by atoms with Crippen molar-refractivity contribution in [3.05, 3.63) is 0 Å². The van der Waals surface area contributed by atoms with E-state index in [0.717, 1.165) is 31.3 Å². The average molecular weight is 243 g/mol. The van der Waals surface area contributed by atoms with Crippen molar-refractivity contribution in [1.82, 2.24) is 0 Å². The van der Waals surface area contributed by atoms with Crippen molar-refractivity contribution in [2.45, 2.75) is 64.6 Å². The largest absolute Gasteiger partial charge is 0.389 e. The number of nitrogens with two attached hydrogens (primary N) is 1. The number of aliphatic hydroxyl groups is 1. The Balaban J connectivity index is 2.11. The predicted octanol–water partition coefficient (Wildman–Crippen LogP) is 2.32. The van der Waals surface area contributed by atoms with Crippen molar-refractivity contribution in [3.8, 4) is 0 Å². The lowest BCUT2D eigenvalue weighted by atomic mass is 9.80. The maximum atomic E-state index is 9.76. The van der Waals surface area contributed by atoms with Gasteiger partial charge < -0.3 is 15.6 Å². The number of ether oxygens (including phenoxy) is 1. The normalized spacial score (nSPS) is 33.4. The minimum absolute atomic E-state index is 0.324. The fraction of sp³-hybridized carbons (Fsp3) is 1.00. The van der Waals surface area contributed by atoms with Crippen LogP contribution in [0.5, 0.6) is 0 Å². The van der Waals surface area contributed by atoms with E-state index in [1.165, 1.54) is 19.3 Å². The van der Waals surface area contributed by atoms with Crippen LogP contribution in [-0.2, 0) is 4.74 Å². The van der Waals surface area contributed by atoms with Crippen molar-refractivity contribution < 1.29 is 9.84 Å². The molecule has 0 heterocycles. The SMILES string of the molecule is CC1CCC(OCCCC(C)(O)CN)CC1C. The summed E-state index contributed by atoms with van der Waals surface area (Å²) >= 11 is 0. The fourth-order valence-electron chi connectivity index (χ4n) is 2.45. The smallest absolute Gasteiger partial charge is 0.0742 e. The lowest BCUT2D eigenvalue weighted by molar-refractivity contribution is -0.0104. The standard InChI is InChI=1S/C14H29NO2/c1-11-5-6-13(9-12(11)2)17-8-4-7-14(3,16)10-15/h11-13,16H,4-10,15H2,1-3H3. The van der Waals surface area contributed by atoms with Crippen LogP contribution in [0.2, 0.25) is 0 Å². The van der Waals surface area contributed by atoms with Gasteiger partial charge in [0.05, 0.1) is 11.7 Å². The molecule has 3 N–H and O–H groups in total. The number of rotatable bonds is 6. The van der Waals surface area contributed by atoms with E-state index >= 15 is 0 Å². The van der Waals surface area contributed by atoms with Gasteiger partial charge in [0.1, 0.15) is 0 Å². The van der Waals surface area contributed by atoms with Crippen molar-refractivity contribution in [2.24, 2.45) is 17.6 Å². The third-order valence-electron chi connectivity index (χ3n) is 4.20. The van der Waals surface area contributed by atoms with Gasteiger partial charge in [0.15, 0.2) is 0 Å². The summed E-state index contributed by atoms with van der Waals surface area (Å²) in [7, 11) is 0. The van der Waals surface area contributed by atoms with Gasteiger partial charge in [0.2, 0.25) is 0 Å². The fourth-order valence-corrected chi connectivity index (χ4v) is 2.45. The molecule has 0 spiro atoms. The van der Waals surface area contributed by atoms with Crippen molar-refractivity contribution >= 4 is 0 Å². The molecule has 1 saturated carbocycles. The first-order valence-electron chi connectivity index (χ1n) is 6.98. The molecule has 1 fully saturated rings. The molecule has 102 valence electrons. The number of hydrogen-bond acceptors (Lipinski definition) is 3. The predicted molar refractivity (Wildman–Crippen MR) is 70.8 cm³/mol. The summed E-state index contributed by atoms with van der Waals surface area (Å²) in [6.45, 7) is 7.52. The van der Waals surface area contributed by atoms with Crippen LogP contribution in [0.3, 0.4) is 0 Å². The highest BCUT2D eigenvalue weighted by atomic mass is 16.5. The minimum Gasteiger partial charge on any atom is -0.389 e. The second kappa shape index (κ2) is 6.72. The van der Waals surface area contributed by atoms with Crippen LogP contribution in [0, 0.1) is 11.8 Å². The molecule has 0 bridgehead atoms. The van der Waals surface area contributed by atoms with E-state index in [-0.39, 0.29) is 0 Å². The topological polar surface area (TPSA) is 55.5 Å². The average Bonchev–Trinajstić information content (AvgIpc) is 2.29. The molecule has 3 heteroatoms. The molecule has 0 saturated heterocycles. The van der Waals surface area contributed by atoms with E-state index in [9.17, 15) is 5.11 Å². The molecule has 0 amide bonds. The molecule has 17 heavy (non-hydrogen) atoms. The Morgan fingerprint density at radius 2 is 2.00 bits per heavy atom. The molecular weight excluding hydrogens is 214 g/mol. The molecule has 1 aliphatic rings. The van der Waals surface area contributed by atoms with Crippen LogP contribution in [-0.4, -0.2) is 30.0 Å². The summed E-state index contributed by atoms with van der Waals surface area (Å²) < 4.78 is 5.89. The molecule has 0 radical (unpaired) electrons. The lowest BCUT2D eigenvalue weighted by Crippen LogP contribution is -2.34. The third kappa shape index (κ3) is 5.36. The molecule has 0 aromatic heterocycles. The van der Waals surface area contributed by atoms with E-state index in [1.807, 2.05) is 0 Å². The van der Waals surface area contributed by atoms with Crippen molar-refractivity contribution in [2.75, 3.05) is 13.2 Å². The zero-order chi connectivity index (χ0) is 12.9. The van der Waals surface area contributed by atoms with Gasteiger partial charge in [0, 0.05) is 13.2 Å². The second-order valence-corrected chi connectivity index (χ2v) is 6.07. The molecular formula is C14H29NO2. The van der Waals surface area contributed by atoms with Gasteiger partial charge in [-0.15, -0.1) is 0 Å². The molecule has 3 nitrogen and oxygen atoms in total. The molecule has 0 aromatic carbocycles. The first-order valence-corrected chi connectivity index (χ1v) is 6.98. The van der Waals surface area contributed by atoms with Gasteiger partial charge in [-0.3, -0.25) is 0 Å². The van der Waals surface area contributed by atoms with Crippen LogP contribution in [0.15, 0.2) is 0 Å². The highest BCUT2D eigenvalue weighted by molar-refractivity contribution is 4.76. The Hall–Kier alpha value is -0.120. The first kappa shape index (κ1) is 14.9. The van der Waals surface area contributed by atoms with Gasteiger partial charge in [-0.05, 0) is 50.9 Å². The molecule has 0 aliphatic heterocycles. The second-order valence-electron chi connectivity index (χ2n) is 6.07. The summed E-state index contributed by atoms with van der Waals surface area (Å²) in [5.74, 6) is 1.62. The summed E-state index contributed by atoms with van der Waals surface area (Å²) in [4.78, 5) is 0. The zero-order valence-electron chi connectivity index (χ0n) is 11.6. The van der Waals surface area contributed by atoms with Crippen LogP contribution < -0.4 is 5.73 Å².